The highest BCUT2D eigenvalue weighted by atomic mass is 16.2. The molecular formula is C23H23N3O3. The third-order valence-electron chi connectivity index (χ3n) is 5.49. The van der Waals surface area contributed by atoms with E-state index in [9.17, 15) is 14.4 Å². The molecule has 0 unspecified atom stereocenters. The molecule has 2 aliphatic rings. The van der Waals surface area contributed by atoms with Crippen molar-refractivity contribution in [2.24, 2.45) is 0 Å². The van der Waals surface area contributed by atoms with Crippen molar-refractivity contribution >= 4 is 29.6 Å². The molecule has 2 aromatic carbocycles. The van der Waals surface area contributed by atoms with Crippen LogP contribution in [0.3, 0.4) is 0 Å². The number of aryl methyl sites for hydroxylation is 1. The van der Waals surface area contributed by atoms with E-state index in [0.29, 0.717) is 0 Å². The minimum Gasteiger partial charge on any atom is -0.367 e. The molecule has 0 atom stereocenters. The van der Waals surface area contributed by atoms with Crippen molar-refractivity contribution in [1.82, 2.24) is 9.80 Å². The van der Waals surface area contributed by atoms with E-state index in [4.69, 9.17) is 0 Å². The van der Waals surface area contributed by atoms with Crippen molar-refractivity contribution in [3.05, 3.63) is 70.8 Å². The topological polar surface area (TPSA) is 60.9 Å². The van der Waals surface area contributed by atoms with E-state index in [1.807, 2.05) is 30.3 Å². The predicted molar refractivity (Wildman–Crippen MR) is 111 cm³/mol. The van der Waals surface area contributed by atoms with Gasteiger partial charge in [0.2, 0.25) is 0 Å². The summed E-state index contributed by atoms with van der Waals surface area (Å²) >= 11 is 0. The van der Waals surface area contributed by atoms with E-state index in [2.05, 4.69) is 23.1 Å². The second-order valence-corrected chi connectivity index (χ2v) is 7.47. The number of anilines is 1. The molecule has 0 aromatic heterocycles. The van der Waals surface area contributed by atoms with Gasteiger partial charge in [-0.1, -0.05) is 36.4 Å². The van der Waals surface area contributed by atoms with Gasteiger partial charge in [0.25, 0.3) is 11.8 Å². The number of hydrogen-bond donors (Lipinski definition) is 0. The minimum absolute atomic E-state index is 0.00602. The molecule has 0 saturated carbocycles. The number of hydrogen-bond acceptors (Lipinski definition) is 4. The van der Waals surface area contributed by atoms with E-state index >= 15 is 0 Å². The van der Waals surface area contributed by atoms with Gasteiger partial charge in [-0.15, -0.1) is 0 Å². The molecule has 2 aliphatic heterocycles. The molecule has 4 amide bonds. The summed E-state index contributed by atoms with van der Waals surface area (Å²) in [6.45, 7) is 1.85. The summed E-state index contributed by atoms with van der Waals surface area (Å²) in [7, 11) is 2.77. The molecule has 148 valence electrons. The first kappa shape index (κ1) is 18.9. The lowest BCUT2D eigenvalue weighted by Crippen LogP contribution is -2.52. The fourth-order valence-electron chi connectivity index (χ4n) is 3.89. The van der Waals surface area contributed by atoms with Crippen LogP contribution in [-0.4, -0.2) is 48.3 Å². The number of carbonyl (C=O) groups is 3. The van der Waals surface area contributed by atoms with Gasteiger partial charge in [0.15, 0.2) is 0 Å². The summed E-state index contributed by atoms with van der Waals surface area (Å²) < 4.78 is 0. The number of barbiturate groups is 1. The van der Waals surface area contributed by atoms with Gasteiger partial charge >= 0.3 is 6.03 Å². The Morgan fingerprint density at radius 2 is 1.62 bits per heavy atom. The first-order chi connectivity index (χ1) is 14.0. The molecule has 6 heteroatoms. The van der Waals surface area contributed by atoms with E-state index in [-0.39, 0.29) is 5.57 Å². The number of imide groups is 2. The van der Waals surface area contributed by atoms with Crippen LogP contribution in [0.2, 0.25) is 0 Å². The molecule has 0 bridgehead atoms. The normalized spacial score (nSPS) is 17.0. The largest absolute Gasteiger partial charge is 0.367 e. The Morgan fingerprint density at radius 1 is 0.931 bits per heavy atom. The summed E-state index contributed by atoms with van der Waals surface area (Å²) in [6, 6.07) is 15.8. The average Bonchev–Trinajstić information content (AvgIpc) is 2.75. The van der Waals surface area contributed by atoms with Crippen LogP contribution >= 0.6 is 0 Å². The number of urea groups is 1. The SMILES string of the molecule is CN1C(=O)C(=Cc2ccc3c(c2)CCCN3Cc2ccccc2)C(=O)N(C)C1=O. The highest BCUT2D eigenvalue weighted by Crippen LogP contribution is 2.30. The average molecular weight is 389 g/mol. The van der Waals surface area contributed by atoms with Gasteiger partial charge in [-0.2, -0.15) is 0 Å². The standard InChI is InChI=1S/C23H23N3O3/c1-24-21(27)19(22(28)25(2)23(24)29)14-17-10-11-20-18(13-17)9-6-12-26(20)15-16-7-4-3-5-8-16/h3-5,7-8,10-11,13-14H,6,9,12,15H2,1-2H3. The molecule has 4 rings (SSSR count). The van der Waals surface area contributed by atoms with Gasteiger partial charge in [-0.3, -0.25) is 19.4 Å². The number of fused-ring (bicyclic) bond motifs is 1. The van der Waals surface area contributed by atoms with E-state index in [1.54, 1.807) is 6.08 Å². The van der Waals surface area contributed by atoms with Gasteiger partial charge in [-0.25, -0.2) is 4.79 Å². The molecule has 0 radical (unpaired) electrons. The van der Waals surface area contributed by atoms with Crippen molar-refractivity contribution in [1.29, 1.82) is 0 Å². The smallest absolute Gasteiger partial charge is 0.333 e. The van der Waals surface area contributed by atoms with Crippen LogP contribution in [0.5, 0.6) is 0 Å². The molecule has 1 fully saturated rings. The van der Waals surface area contributed by atoms with Crippen molar-refractivity contribution in [3.63, 3.8) is 0 Å². The number of nitrogens with zero attached hydrogens (tertiary/aromatic N) is 3. The predicted octanol–water partition coefficient (Wildman–Crippen LogP) is 3.07. The van der Waals surface area contributed by atoms with Crippen molar-refractivity contribution in [2.75, 3.05) is 25.5 Å². The van der Waals surface area contributed by atoms with Crippen LogP contribution in [0.1, 0.15) is 23.1 Å². The van der Waals surface area contributed by atoms with Crippen LogP contribution in [0.25, 0.3) is 6.08 Å². The summed E-state index contributed by atoms with van der Waals surface area (Å²) in [6.07, 6.45) is 3.59. The Bertz CT molecular complexity index is 987. The Hall–Kier alpha value is -3.41. The van der Waals surface area contributed by atoms with Crippen LogP contribution in [0.4, 0.5) is 10.5 Å². The van der Waals surface area contributed by atoms with Crippen LogP contribution in [0.15, 0.2) is 54.1 Å². The van der Waals surface area contributed by atoms with Crippen molar-refractivity contribution in [3.8, 4) is 0 Å². The van der Waals surface area contributed by atoms with E-state index < -0.39 is 17.8 Å². The fourth-order valence-corrected chi connectivity index (χ4v) is 3.89. The van der Waals surface area contributed by atoms with Crippen LogP contribution in [0, 0.1) is 0 Å². The summed E-state index contributed by atoms with van der Waals surface area (Å²) in [5.41, 5.74) is 4.45. The highest BCUT2D eigenvalue weighted by molar-refractivity contribution is 6.30. The van der Waals surface area contributed by atoms with Crippen molar-refractivity contribution in [2.45, 2.75) is 19.4 Å². The Labute approximate surface area is 170 Å². The Balaban J connectivity index is 1.63. The molecular weight excluding hydrogens is 366 g/mol. The highest BCUT2D eigenvalue weighted by Gasteiger charge is 2.37. The number of likely N-dealkylation sites (N-methyl/N-ethyl adjacent to an activating group) is 2. The number of amides is 4. The Morgan fingerprint density at radius 3 is 2.31 bits per heavy atom. The molecule has 2 heterocycles. The lowest BCUT2D eigenvalue weighted by Gasteiger charge is -2.32. The van der Waals surface area contributed by atoms with Crippen molar-refractivity contribution < 1.29 is 14.4 Å². The molecule has 2 aromatic rings. The third-order valence-corrected chi connectivity index (χ3v) is 5.49. The Kier molecular flexibility index (Phi) is 4.92. The zero-order valence-electron chi connectivity index (χ0n) is 16.6. The lowest BCUT2D eigenvalue weighted by atomic mass is 9.97. The van der Waals surface area contributed by atoms with Gasteiger partial charge in [0, 0.05) is 32.9 Å². The number of carbonyl (C=O) groups excluding carboxylic acids is 3. The van der Waals surface area contributed by atoms with Gasteiger partial charge in [-0.05, 0) is 47.7 Å². The zero-order chi connectivity index (χ0) is 20.5. The quantitative estimate of drug-likeness (QED) is 0.598. The molecule has 0 aliphatic carbocycles. The first-order valence-electron chi connectivity index (χ1n) is 9.69. The molecule has 6 nitrogen and oxygen atoms in total. The summed E-state index contributed by atoms with van der Waals surface area (Å²) in [4.78, 5) is 41.0. The van der Waals surface area contributed by atoms with Gasteiger partial charge in [0.05, 0.1) is 0 Å². The second-order valence-electron chi connectivity index (χ2n) is 7.47. The van der Waals surface area contributed by atoms with Crippen LogP contribution in [-0.2, 0) is 22.6 Å². The first-order valence-corrected chi connectivity index (χ1v) is 9.69. The maximum absolute atomic E-state index is 12.4. The summed E-state index contributed by atoms with van der Waals surface area (Å²) in [5.74, 6) is -1.14. The van der Waals surface area contributed by atoms with Gasteiger partial charge in [0.1, 0.15) is 5.57 Å². The summed E-state index contributed by atoms with van der Waals surface area (Å²) in [5, 5.41) is 0. The van der Waals surface area contributed by atoms with E-state index in [0.717, 1.165) is 41.3 Å². The maximum Gasteiger partial charge on any atom is 0.333 e. The second kappa shape index (κ2) is 7.54. The molecule has 0 N–H and O–H groups in total. The zero-order valence-corrected chi connectivity index (χ0v) is 16.6. The minimum atomic E-state index is -0.612. The van der Waals surface area contributed by atoms with E-state index in [1.165, 1.54) is 30.9 Å². The van der Waals surface area contributed by atoms with Gasteiger partial charge < -0.3 is 4.90 Å². The maximum atomic E-state index is 12.4. The van der Waals surface area contributed by atoms with Crippen LogP contribution < -0.4 is 4.90 Å². The molecule has 1 saturated heterocycles. The molecule has 29 heavy (non-hydrogen) atoms. The number of benzene rings is 2. The third kappa shape index (κ3) is 3.53. The monoisotopic (exact) mass is 389 g/mol. The number of rotatable bonds is 3. The lowest BCUT2D eigenvalue weighted by molar-refractivity contribution is -0.134. The fraction of sp³-hybridized carbons (Fsp3) is 0.261. The molecule has 0 spiro atoms.